The molecule has 1 saturated carbocycles. The Balaban J connectivity index is 1.56. The van der Waals surface area contributed by atoms with E-state index in [-0.39, 0.29) is 6.10 Å². The zero-order valence-electron chi connectivity index (χ0n) is 12.3. The van der Waals surface area contributed by atoms with Crippen molar-refractivity contribution < 1.29 is 9.84 Å². The number of ether oxygens (including phenoxy) is 1. The lowest BCUT2D eigenvalue weighted by Gasteiger charge is -2.22. The minimum Gasteiger partial charge on any atom is -0.493 e. The third kappa shape index (κ3) is 4.08. The molecule has 0 saturated heterocycles. The first-order valence-electron chi connectivity index (χ1n) is 7.96. The molecule has 0 amide bonds. The summed E-state index contributed by atoms with van der Waals surface area (Å²) in [6.07, 6.45) is 7.96. The highest BCUT2D eigenvalue weighted by Crippen LogP contribution is 2.34. The van der Waals surface area contributed by atoms with Crippen LogP contribution in [0.5, 0.6) is 5.75 Å². The van der Waals surface area contributed by atoms with Crippen molar-refractivity contribution in [2.75, 3.05) is 12.4 Å². The average Bonchev–Trinajstić information content (AvgIpc) is 2.94. The Kier molecular flexibility index (Phi) is 5.36. The number of rotatable bonds is 5. The van der Waals surface area contributed by atoms with E-state index in [2.05, 4.69) is 0 Å². The average molecular weight is 327 g/mol. The second kappa shape index (κ2) is 7.26. The summed E-state index contributed by atoms with van der Waals surface area (Å²) in [6, 6.07) is 3.93. The molecular formula is C17H23ClO2S. The molecular weight excluding hydrogens is 304 g/mol. The van der Waals surface area contributed by atoms with Crippen molar-refractivity contribution in [2.45, 2.75) is 56.3 Å². The Labute approximate surface area is 136 Å². The Morgan fingerprint density at radius 1 is 1.29 bits per heavy atom. The number of aliphatic hydroxyl groups is 1. The van der Waals surface area contributed by atoms with E-state index in [9.17, 15) is 5.11 Å². The highest BCUT2D eigenvalue weighted by atomic mass is 35.5. The van der Waals surface area contributed by atoms with Crippen molar-refractivity contribution in [3.8, 4) is 5.75 Å². The van der Waals surface area contributed by atoms with E-state index in [4.69, 9.17) is 16.3 Å². The molecule has 0 spiro atoms. The summed E-state index contributed by atoms with van der Waals surface area (Å²) < 4.78 is 5.70. The van der Waals surface area contributed by atoms with E-state index in [0.717, 1.165) is 40.4 Å². The predicted octanol–water partition coefficient (Wildman–Crippen LogP) is 4.24. The van der Waals surface area contributed by atoms with Gasteiger partial charge in [0.25, 0.3) is 0 Å². The van der Waals surface area contributed by atoms with Crippen LogP contribution in [-0.2, 0) is 12.8 Å². The molecule has 4 heteroatoms. The van der Waals surface area contributed by atoms with E-state index in [0.29, 0.717) is 6.42 Å². The summed E-state index contributed by atoms with van der Waals surface area (Å²) in [4.78, 5) is 0. The molecule has 1 atom stereocenters. The molecule has 3 rings (SSSR count). The van der Waals surface area contributed by atoms with Crippen LogP contribution in [0.1, 0.15) is 43.2 Å². The molecule has 1 aliphatic carbocycles. The summed E-state index contributed by atoms with van der Waals surface area (Å²) >= 11 is 8.11. The molecule has 1 fully saturated rings. The lowest BCUT2D eigenvalue weighted by atomic mass is 10.0. The number of benzene rings is 1. The molecule has 1 N–H and O–H groups in total. The van der Waals surface area contributed by atoms with Crippen LogP contribution in [0, 0.1) is 0 Å². The standard InChI is InChI=1S/C17H23ClO2S/c18-14-8-12-6-7-20-17(12)13(9-14)10-15(19)11-21-16-4-2-1-3-5-16/h8-9,15-16,19H,1-7,10-11H2. The van der Waals surface area contributed by atoms with Crippen LogP contribution in [0.4, 0.5) is 0 Å². The molecule has 21 heavy (non-hydrogen) atoms. The zero-order chi connectivity index (χ0) is 14.7. The van der Waals surface area contributed by atoms with Crippen LogP contribution in [-0.4, -0.2) is 28.8 Å². The maximum atomic E-state index is 10.3. The molecule has 1 unspecified atom stereocenters. The van der Waals surface area contributed by atoms with Gasteiger partial charge in [-0.25, -0.2) is 0 Å². The summed E-state index contributed by atoms with van der Waals surface area (Å²) in [5.41, 5.74) is 2.25. The molecule has 1 aromatic rings. The highest BCUT2D eigenvalue weighted by molar-refractivity contribution is 7.99. The van der Waals surface area contributed by atoms with Gasteiger partial charge in [-0.15, -0.1) is 0 Å². The van der Waals surface area contributed by atoms with Crippen LogP contribution in [0.3, 0.4) is 0 Å². The van der Waals surface area contributed by atoms with Crippen molar-refractivity contribution in [2.24, 2.45) is 0 Å². The smallest absolute Gasteiger partial charge is 0.126 e. The second-order valence-corrected chi connectivity index (χ2v) is 7.87. The topological polar surface area (TPSA) is 29.5 Å². The van der Waals surface area contributed by atoms with E-state index in [1.165, 1.54) is 37.7 Å². The van der Waals surface area contributed by atoms with Gasteiger partial charge >= 0.3 is 0 Å². The molecule has 1 heterocycles. The maximum absolute atomic E-state index is 10.3. The van der Waals surface area contributed by atoms with Crippen molar-refractivity contribution in [3.63, 3.8) is 0 Å². The van der Waals surface area contributed by atoms with Gasteiger partial charge in [0.05, 0.1) is 12.7 Å². The van der Waals surface area contributed by atoms with Crippen LogP contribution in [0.15, 0.2) is 12.1 Å². The second-order valence-electron chi connectivity index (χ2n) is 6.10. The molecule has 2 nitrogen and oxygen atoms in total. The third-order valence-corrected chi connectivity index (χ3v) is 6.10. The van der Waals surface area contributed by atoms with Crippen LogP contribution < -0.4 is 4.74 Å². The number of fused-ring (bicyclic) bond motifs is 1. The third-order valence-electron chi connectivity index (χ3n) is 4.36. The summed E-state index contributed by atoms with van der Waals surface area (Å²) in [5.74, 6) is 1.77. The highest BCUT2D eigenvalue weighted by Gasteiger charge is 2.21. The first-order chi connectivity index (χ1) is 10.2. The zero-order valence-corrected chi connectivity index (χ0v) is 13.9. The summed E-state index contributed by atoms with van der Waals surface area (Å²) in [6.45, 7) is 0.732. The number of thioether (sulfide) groups is 1. The number of hydrogen-bond acceptors (Lipinski definition) is 3. The first kappa shape index (κ1) is 15.5. The molecule has 0 radical (unpaired) electrons. The molecule has 0 bridgehead atoms. The molecule has 1 aliphatic heterocycles. The van der Waals surface area contributed by atoms with Crippen molar-refractivity contribution in [1.29, 1.82) is 0 Å². The minimum absolute atomic E-state index is 0.316. The fourth-order valence-corrected chi connectivity index (χ4v) is 4.83. The monoisotopic (exact) mass is 326 g/mol. The van der Waals surface area contributed by atoms with Gasteiger partial charge < -0.3 is 9.84 Å². The fraction of sp³-hybridized carbons (Fsp3) is 0.647. The lowest BCUT2D eigenvalue weighted by molar-refractivity contribution is 0.198. The first-order valence-corrected chi connectivity index (χ1v) is 9.39. The normalized spacial score (nSPS) is 20.1. The van der Waals surface area contributed by atoms with E-state index < -0.39 is 0 Å². The van der Waals surface area contributed by atoms with Gasteiger partial charge in [-0.2, -0.15) is 11.8 Å². The largest absolute Gasteiger partial charge is 0.493 e. The number of aliphatic hydroxyl groups excluding tert-OH is 1. The number of hydrogen-bond donors (Lipinski definition) is 1. The Hall–Kier alpha value is -0.380. The van der Waals surface area contributed by atoms with Gasteiger partial charge in [0.15, 0.2) is 0 Å². The van der Waals surface area contributed by atoms with Crippen molar-refractivity contribution in [3.05, 3.63) is 28.3 Å². The quantitative estimate of drug-likeness (QED) is 0.877. The number of halogens is 1. The van der Waals surface area contributed by atoms with Gasteiger partial charge in [0, 0.05) is 28.9 Å². The summed E-state index contributed by atoms with van der Waals surface area (Å²) in [5, 5.41) is 11.8. The maximum Gasteiger partial charge on any atom is 0.126 e. The molecule has 2 aliphatic rings. The Morgan fingerprint density at radius 3 is 2.90 bits per heavy atom. The van der Waals surface area contributed by atoms with Gasteiger partial charge in [0.2, 0.25) is 0 Å². The van der Waals surface area contributed by atoms with E-state index >= 15 is 0 Å². The van der Waals surface area contributed by atoms with Crippen molar-refractivity contribution >= 4 is 23.4 Å². The van der Waals surface area contributed by atoms with Gasteiger partial charge in [-0.1, -0.05) is 30.9 Å². The van der Waals surface area contributed by atoms with Crippen LogP contribution in [0.25, 0.3) is 0 Å². The van der Waals surface area contributed by atoms with Gasteiger partial charge in [-0.3, -0.25) is 0 Å². The van der Waals surface area contributed by atoms with Crippen LogP contribution >= 0.6 is 23.4 Å². The SMILES string of the molecule is OC(CSC1CCCCC1)Cc1cc(Cl)cc2c1OCC2. The molecule has 1 aromatic carbocycles. The minimum atomic E-state index is -0.316. The van der Waals surface area contributed by atoms with Crippen molar-refractivity contribution in [1.82, 2.24) is 0 Å². The predicted molar refractivity (Wildman–Crippen MR) is 89.7 cm³/mol. The van der Waals surface area contributed by atoms with Gasteiger partial charge in [0.1, 0.15) is 5.75 Å². The fourth-order valence-electron chi connectivity index (χ4n) is 3.29. The van der Waals surface area contributed by atoms with Gasteiger partial charge in [-0.05, 0) is 36.1 Å². The lowest BCUT2D eigenvalue weighted by Crippen LogP contribution is -2.18. The van der Waals surface area contributed by atoms with Crippen LogP contribution in [0.2, 0.25) is 5.02 Å². The Morgan fingerprint density at radius 2 is 2.10 bits per heavy atom. The molecule has 116 valence electrons. The Bertz CT molecular complexity index is 486. The van der Waals surface area contributed by atoms with E-state index in [1.807, 2.05) is 23.9 Å². The summed E-state index contributed by atoms with van der Waals surface area (Å²) in [7, 11) is 0. The van der Waals surface area contributed by atoms with E-state index in [1.54, 1.807) is 0 Å². The molecule has 0 aromatic heterocycles.